The predicted molar refractivity (Wildman–Crippen MR) is 39.6 cm³/mol. The van der Waals surface area contributed by atoms with E-state index >= 15 is 0 Å². The van der Waals surface area contributed by atoms with E-state index in [1.807, 2.05) is 0 Å². The maximum atomic E-state index is 11.7. The zero-order chi connectivity index (χ0) is 11.4. The van der Waals surface area contributed by atoms with Crippen LogP contribution in [-0.4, -0.2) is 33.0 Å². The zero-order valence-corrected chi connectivity index (χ0v) is 7.91. The fourth-order valence-electron chi connectivity index (χ4n) is 0.453. The Bertz CT molecular complexity index is 297. The topological polar surface area (TPSA) is 72.5 Å². The van der Waals surface area contributed by atoms with E-state index < -0.39 is 34.7 Å². The Morgan fingerprint density at radius 3 is 2.29 bits per heavy atom. The van der Waals surface area contributed by atoms with Crippen LogP contribution in [0.3, 0.4) is 0 Å². The second kappa shape index (κ2) is 4.60. The summed E-state index contributed by atoms with van der Waals surface area (Å²) >= 11 is 0. The molecule has 0 aliphatic rings. The second-order valence-corrected chi connectivity index (χ2v) is 3.94. The third kappa shape index (κ3) is 4.42. The van der Waals surface area contributed by atoms with Gasteiger partial charge in [0.2, 0.25) is 0 Å². The van der Waals surface area contributed by atoms with Crippen molar-refractivity contribution in [2.24, 2.45) is 0 Å². The monoisotopic (exact) mass is 235 g/mol. The summed E-state index contributed by atoms with van der Waals surface area (Å²) in [6.07, 6.45) is 0. The lowest BCUT2D eigenvalue weighted by Gasteiger charge is -2.08. The van der Waals surface area contributed by atoms with Crippen molar-refractivity contribution in [3.05, 3.63) is 0 Å². The van der Waals surface area contributed by atoms with E-state index in [-0.39, 0.29) is 0 Å². The molecule has 0 saturated carbocycles. The van der Waals surface area contributed by atoms with Gasteiger partial charge in [0.15, 0.2) is 0 Å². The van der Waals surface area contributed by atoms with Crippen LogP contribution in [0.1, 0.15) is 6.92 Å². The highest BCUT2D eigenvalue weighted by molar-refractivity contribution is 7.90. The highest BCUT2D eigenvalue weighted by Gasteiger charge is 2.45. The Morgan fingerprint density at radius 1 is 1.43 bits per heavy atom. The van der Waals surface area contributed by atoms with Crippen LogP contribution in [0.5, 0.6) is 0 Å². The van der Waals surface area contributed by atoms with Gasteiger partial charge < -0.3 is 4.74 Å². The van der Waals surface area contributed by atoms with Crippen LogP contribution in [0.25, 0.3) is 0 Å². The first-order valence-electron chi connectivity index (χ1n) is 3.36. The molecule has 0 saturated heterocycles. The molecule has 0 bridgehead atoms. The summed E-state index contributed by atoms with van der Waals surface area (Å²) in [5, 5.41) is 0. The van der Waals surface area contributed by atoms with Gasteiger partial charge in [-0.3, -0.25) is 4.79 Å². The number of hydrogen-bond donors (Lipinski definition) is 1. The number of halogens is 3. The van der Waals surface area contributed by atoms with Gasteiger partial charge in [0.25, 0.3) is 0 Å². The number of sulfonamides is 1. The Labute approximate surface area is 78.3 Å². The quantitative estimate of drug-likeness (QED) is 0.549. The predicted octanol–water partition coefficient (Wildman–Crippen LogP) is -0.0113. The number of hydrogen-bond acceptors (Lipinski definition) is 4. The van der Waals surface area contributed by atoms with Crippen molar-refractivity contribution in [1.29, 1.82) is 0 Å². The molecule has 0 rings (SSSR count). The SMILES string of the molecule is CC(=O)OCCNS(=O)(=O)C(F)(F)F. The van der Waals surface area contributed by atoms with E-state index in [1.54, 1.807) is 0 Å². The molecule has 0 aromatic rings. The van der Waals surface area contributed by atoms with Gasteiger partial charge in [-0.2, -0.15) is 13.2 Å². The fraction of sp³-hybridized carbons (Fsp3) is 0.800. The molecular weight excluding hydrogens is 227 g/mol. The van der Waals surface area contributed by atoms with Crippen LogP contribution in [0.4, 0.5) is 13.2 Å². The number of carbonyl (C=O) groups excluding carboxylic acids is 1. The van der Waals surface area contributed by atoms with Crippen molar-refractivity contribution in [1.82, 2.24) is 4.72 Å². The minimum Gasteiger partial charge on any atom is -0.464 e. The lowest BCUT2D eigenvalue weighted by Crippen LogP contribution is -2.38. The summed E-state index contributed by atoms with van der Waals surface area (Å²) in [5.41, 5.74) is -5.34. The van der Waals surface area contributed by atoms with Gasteiger partial charge >= 0.3 is 21.5 Å². The minimum absolute atomic E-state index is 0.440. The maximum absolute atomic E-state index is 11.7. The molecule has 0 amide bonds. The number of nitrogens with one attached hydrogen (secondary N) is 1. The second-order valence-electron chi connectivity index (χ2n) is 2.18. The Morgan fingerprint density at radius 2 is 1.93 bits per heavy atom. The molecular formula is C5H8F3NO4S. The van der Waals surface area contributed by atoms with Gasteiger partial charge in [0.1, 0.15) is 6.61 Å². The summed E-state index contributed by atoms with van der Waals surface area (Å²) in [6.45, 7) is 0.00429. The van der Waals surface area contributed by atoms with Crippen LogP contribution >= 0.6 is 0 Å². The Hall–Kier alpha value is -0.830. The van der Waals surface area contributed by atoms with Gasteiger partial charge in [-0.05, 0) is 0 Å². The van der Waals surface area contributed by atoms with Crippen LogP contribution in [0.15, 0.2) is 0 Å². The van der Waals surface area contributed by atoms with Crippen molar-refractivity contribution < 1.29 is 31.1 Å². The third-order valence-electron chi connectivity index (χ3n) is 1.00. The van der Waals surface area contributed by atoms with Crippen LogP contribution < -0.4 is 4.72 Å². The highest BCUT2D eigenvalue weighted by atomic mass is 32.2. The summed E-state index contributed by atoms with van der Waals surface area (Å²) in [7, 11) is -5.34. The molecule has 0 atom stereocenters. The smallest absolute Gasteiger partial charge is 0.464 e. The van der Waals surface area contributed by atoms with E-state index in [4.69, 9.17) is 0 Å². The first-order chi connectivity index (χ1) is 6.17. The minimum atomic E-state index is -5.34. The Balaban J connectivity index is 3.97. The molecule has 1 N–H and O–H groups in total. The molecule has 84 valence electrons. The van der Waals surface area contributed by atoms with Crippen LogP contribution in [0, 0.1) is 0 Å². The van der Waals surface area contributed by atoms with Crippen molar-refractivity contribution in [3.8, 4) is 0 Å². The molecule has 5 nitrogen and oxygen atoms in total. The van der Waals surface area contributed by atoms with E-state index in [9.17, 15) is 26.4 Å². The molecule has 0 radical (unpaired) electrons. The molecule has 14 heavy (non-hydrogen) atoms. The molecule has 0 aromatic carbocycles. The largest absolute Gasteiger partial charge is 0.511 e. The lowest BCUT2D eigenvalue weighted by atomic mass is 10.7. The highest BCUT2D eigenvalue weighted by Crippen LogP contribution is 2.21. The molecule has 0 unspecified atom stereocenters. The Kier molecular flexibility index (Phi) is 4.33. The van der Waals surface area contributed by atoms with E-state index in [1.165, 1.54) is 4.72 Å². The molecule has 9 heteroatoms. The van der Waals surface area contributed by atoms with Crippen molar-refractivity contribution in [2.75, 3.05) is 13.2 Å². The molecule has 0 aliphatic heterocycles. The van der Waals surface area contributed by atoms with E-state index in [0.717, 1.165) is 6.92 Å². The standard InChI is InChI=1S/C5H8F3NO4S/c1-4(10)13-3-2-9-14(11,12)5(6,7)8/h9H,2-3H2,1H3. The number of alkyl halides is 3. The first kappa shape index (κ1) is 13.2. The number of ether oxygens (including phenoxy) is 1. The summed E-state index contributed by atoms with van der Waals surface area (Å²) in [4.78, 5) is 10.1. The average molecular weight is 235 g/mol. The average Bonchev–Trinajstić information content (AvgIpc) is 1.95. The zero-order valence-electron chi connectivity index (χ0n) is 7.09. The number of carbonyl (C=O) groups is 1. The van der Waals surface area contributed by atoms with Crippen molar-refractivity contribution >= 4 is 16.0 Å². The number of rotatable bonds is 4. The van der Waals surface area contributed by atoms with Crippen LogP contribution in [-0.2, 0) is 19.6 Å². The van der Waals surface area contributed by atoms with Gasteiger partial charge in [-0.15, -0.1) is 0 Å². The molecule has 0 aliphatic carbocycles. The molecule has 0 spiro atoms. The first-order valence-corrected chi connectivity index (χ1v) is 4.84. The molecule has 0 heterocycles. The van der Waals surface area contributed by atoms with E-state index in [0.29, 0.717) is 0 Å². The van der Waals surface area contributed by atoms with Crippen LogP contribution in [0.2, 0.25) is 0 Å². The summed E-state index contributed by atoms with van der Waals surface area (Å²) < 4.78 is 61.1. The number of esters is 1. The summed E-state index contributed by atoms with van der Waals surface area (Å²) in [6, 6.07) is 0. The van der Waals surface area contributed by atoms with Crippen molar-refractivity contribution in [3.63, 3.8) is 0 Å². The molecule has 0 aromatic heterocycles. The normalized spacial score (nSPS) is 12.6. The lowest BCUT2D eigenvalue weighted by molar-refractivity contribution is -0.140. The van der Waals surface area contributed by atoms with E-state index in [2.05, 4.69) is 4.74 Å². The van der Waals surface area contributed by atoms with Gasteiger partial charge in [-0.25, -0.2) is 13.1 Å². The van der Waals surface area contributed by atoms with Gasteiger partial charge in [0.05, 0.1) is 0 Å². The maximum Gasteiger partial charge on any atom is 0.511 e. The van der Waals surface area contributed by atoms with Gasteiger partial charge in [0, 0.05) is 13.5 Å². The van der Waals surface area contributed by atoms with Gasteiger partial charge in [-0.1, -0.05) is 0 Å². The summed E-state index contributed by atoms with van der Waals surface area (Å²) in [5.74, 6) is -0.698. The third-order valence-corrected chi connectivity index (χ3v) is 2.20. The fourth-order valence-corrected chi connectivity index (χ4v) is 0.968. The van der Waals surface area contributed by atoms with Crippen molar-refractivity contribution in [2.45, 2.75) is 12.4 Å². The molecule has 0 fully saturated rings.